The first-order chi connectivity index (χ1) is 11.2. The fourth-order valence-corrected chi connectivity index (χ4v) is 2.81. The second-order valence-corrected chi connectivity index (χ2v) is 5.78. The number of rotatable bonds is 5. The Hall–Kier alpha value is -2.74. The number of thiazole rings is 1. The van der Waals surface area contributed by atoms with Crippen LogP contribution in [0.2, 0.25) is 0 Å². The summed E-state index contributed by atoms with van der Waals surface area (Å²) in [6.45, 7) is 2.48. The molecule has 3 aromatic rings. The van der Waals surface area contributed by atoms with Crippen LogP contribution >= 0.6 is 11.3 Å². The molecular formula is C15H16N6OS. The Labute approximate surface area is 137 Å². The van der Waals surface area contributed by atoms with E-state index in [1.165, 1.54) is 0 Å². The summed E-state index contributed by atoms with van der Waals surface area (Å²) < 4.78 is 1.61. The average Bonchev–Trinajstić information content (AvgIpc) is 3.20. The largest absolute Gasteiger partial charge is 0.337 e. The van der Waals surface area contributed by atoms with Gasteiger partial charge in [0, 0.05) is 42.6 Å². The van der Waals surface area contributed by atoms with Crippen molar-refractivity contribution in [1.29, 1.82) is 0 Å². The van der Waals surface area contributed by atoms with Crippen molar-refractivity contribution in [3.63, 3.8) is 0 Å². The van der Waals surface area contributed by atoms with E-state index in [9.17, 15) is 4.79 Å². The molecule has 0 saturated carbocycles. The minimum atomic E-state index is -0.278. The van der Waals surface area contributed by atoms with Crippen LogP contribution in [0.4, 0.5) is 10.5 Å². The van der Waals surface area contributed by atoms with Gasteiger partial charge in [-0.25, -0.2) is 19.4 Å². The maximum Gasteiger partial charge on any atom is 0.319 e. The molecule has 0 radical (unpaired) electrons. The number of aromatic nitrogens is 4. The van der Waals surface area contributed by atoms with Crippen LogP contribution in [0.25, 0.3) is 5.82 Å². The first kappa shape index (κ1) is 15.2. The van der Waals surface area contributed by atoms with Crippen molar-refractivity contribution in [3.8, 4) is 5.82 Å². The van der Waals surface area contributed by atoms with Crippen LogP contribution in [0.15, 0.2) is 42.2 Å². The molecule has 0 fully saturated rings. The van der Waals surface area contributed by atoms with Gasteiger partial charge in [-0.15, -0.1) is 11.3 Å². The molecule has 2 N–H and O–H groups in total. The summed E-state index contributed by atoms with van der Waals surface area (Å²) in [4.78, 5) is 20.7. The number of nitrogens with one attached hydrogen (secondary N) is 2. The van der Waals surface area contributed by atoms with E-state index in [2.05, 4.69) is 25.7 Å². The number of nitrogens with zero attached hydrogens (tertiary/aromatic N) is 4. The molecule has 8 heteroatoms. The zero-order valence-electron chi connectivity index (χ0n) is 12.6. The van der Waals surface area contributed by atoms with Crippen molar-refractivity contribution >= 4 is 23.1 Å². The van der Waals surface area contributed by atoms with Gasteiger partial charge in [-0.2, -0.15) is 5.10 Å². The van der Waals surface area contributed by atoms with Crippen molar-refractivity contribution in [1.82, 2.24) is 25.1 Å². The number of anilines is 1. The van der Waals surface area contributed by atoms with Gasteiger partial charge < -0.3 is 10.6 Å². The third-order valence-electron chi connectivity index (χ3n) is 3.05. The third-order valence-corrected chi connectivity index (χ3v) is 4.07. The molecule has 118 valence electrons. The zero-order chi connectivity index (χ0) is 16.1. The van der Waals surface area contributed by atoms with Gasteiger partial charge in [0.2, 0.25) is 0 Å². The van der Waals surface area contributed by atoms with E-state index < -0.39 is 0 Å². The van der Waals surface area contributed by atoms with Crippen LogP contribution in [0.3, 0.4) is 0 Å². The first-order valence-electron chi connectivity index (χ1n) is 7.13. The molecule has 0 aliphatic carbocycles. The summed E-state index contributed by atoms with van der Waals surface area (Å²) in [6.07, 6.45) is 5.81. The molecule has 0 unspecified atom stereocenters. The van der Waals surface area contributed by atoms with E-state index >= 15 is 0 Å². The summed E-state index contributed by atoms with van der Waals surface area (Å²) in [5.41, 5.74) is 1.60. The van der Waals surface area contributed by atoms with Gasteiger partial charge in [0.1, 0.15) is 0 Å². The minimum absolute atomic E-state index is 0.278. The summed E-state index contributed by atoms with van der Waals surface area (Å²) in [6, 6.07) is 5.07. The number of hydrogen-bond donors (Lipinski definition) is 2. The fraction of sp³-hybridized carbons (Fsp3) is 0.200. The molecule has 7 nitrogen and oxygen atoms in total. The van der Waals surface area contributed by atoms with Gasteiger partial charge in [-0.1, -0.05) is 0 Å². The van der Waals surface area contributed by atoms with Crippen molar-refractivity contribution in [3.05, 3.63) is 52.9 Å². The maximum absolute atomic E-state index is 12.0. The highest BCUT2D eigenvalue weighted by Crippen LogP contribution is 2.15. The molecule has 0 atom stereocenters. The highest BCUT2D eigenvalue weighted by atomic mass is 32.1. The van der Waals surface area contributed by atoms with Gasteiger partial charge >= 0.3 is 6.03 Å². The summed E-state index contributed by atoms with van der Waals surface area (Å²) in [7, 11) is 0. The second kappa shape index (κ2) is 7.01. The molecule has 0 aliphatic heterocycles. The smallest absolute Gasteiger partial charge is 0.319 e. The molecule has 0 saturated heterocycles. The van der Waals surface area contributed by atoms with Crippen LogP contribution in [0.5, 0.6) is 0 Å². The van der Waals surface area contributed by atoms with Crippen LogP contribution in [0.1, 0.15) is 10.7 Å². The van der Waals surface area contributed by atoms with Crippen LogP contribution in [0, 0.1) is 6.92 Å². The first-order valence-corrected chi connectivity index (χ1v) is 8.01. The van der Waals surface area contributed by atoms with Gasteiger partial charge in [0.15, 0.2) is 5.82 Å². The predicted molar refractivity (Wildman–Crippen MR) is 88.9 cm³/mol. The molecule has 0 bridgehead atoms. The molecule has 23 heavy (non-hydrogen) atoms. The number of aryl methyl sites for hydroxylation is 1. The van der Waals surface area contributed by atoms with E-state index in [0.717, 1.165) is 10.7 Å². The molecule has 0 aromatic carbocycles. The molecule has 3 aromatic heterocycles. The van der Waals surface area contributed by atoms with E-state index in [-0.39, 0.29) is 6.03 Å². The van der Waals surface area contributed by atoms with Crippen molar-refractivity contribution in [2.45, 2.75) is 13.3 Å². The minimum Gasteiger partial charge on any atom is -0.337 e. The summed E-state index contributed by atoms with van der Waals surface area (Å²) >= 11 is 1.60. The lowest BCUT2D eigenvalue weighted by Crippen LogP contribution is -2.31. The normalized spacial score (nSPS) is 10.5. The van der Waals surface area contributed by atoms with E-state index in [1.54, 1.807) is 52.8 Å². The highest BCUT2D eigenvalue weighted by molar-refractivity contribution is 7.09. The third kappa shape index (κ3) is 3.92. The zero-order valence-corrected chi connectivity index (χ0v) is 13.4. The Morgan fingerprint density at radius 1 is 1.35 bits per heavy atom. The lowest BCUT2D eigenvalue weighted by Gasteiger charge is -2.10. The maximum atomic E-state index is 12.0. The highest BCUT2D eigenvalue weighted by Gasteiger charge is 2.09. The van der Waals surface area contributed by atoms with E-state index in [4.69, 9.17) is 0 Å². The number of urea groups is 1. The second-order valence-electron chi connectivity index (χ2n) is 4.84. The molecule has 2 amide bonds. The standard InChI is InChI=1S/C15H16N6OS/c1-11-10-23-13(19-11)5-8-17-15(22)20-12-4-2-6-16-14(12)21-9-3-7-18-21/h2-4,6-7,9-10H,5,8H2,1H3,(H2,17,20,22). The molecule has 3 heterocycles. The number of hydrogen-bond acceptors (Lipinski definition) is 5. The Balaban J connectivity index is 1.58. The lowest BCUT2D eigenvalue weighted by molar-refractivity contribution is 0.252. The van der Waals surface area contributed by atoms with Gasteiger partial charge in [0.25, 0.3) is 0 Å². The summed E-state index contributed by atoms with van der Waals surface area (Å²) in [5, 5.41) is 12.8. The lowest BCUT2D eigenvalue weighted by atomic mass is 10.4. The Bertz CT molecular complexity index is 783. The van der Waals surface area contributed by atoms with Gasteiger partial charge in [-0.05, 0) is 25.1 Å². The monoisotopic (exact) mass is 328 g/mol. The Kier molecular flexibility index (Phi) is 4.62. The van der Waals surface area contributed by atoms with Crippen molar-refractivity contribution in [2.24, 2.45) is 0 Å². The average molecular weight is 328 g/mol. The number of amides is 2. The molecule has 0 aliphatic rings. The molecular weight excluding hydrogens is 312 g/mol. The topological polar surface area (TPSA) is 84.7 Å². The van der Waals surface area contributed by atoms with E-state index in [1.807, 2.05) is 12.3 Å². The van der Waals surface area contributed by atoms with Crippen molar-refractivity contribution < 1.29 is 4.79 Å². The number of pyridine rings is 1. The quantitative estimate of drug-likeness (QED) is 0.753. The van der Waals surface area contributed by atoms with E-state index in [0.29, 0.717) is 24.5 Å². The number of carbonyl (C=O) groups excluding carboxylic acids is 1. The summed E-state index contributed by atoms with van der Waals surface area (Å²) in [5.74, 6) is 0.572. The van der Waals surface area contributed by atoms with Crippen LogP contribution < -0.4 is 10.6 Å². The Morgan fingerprint density at radius 2 is 2.26 bits per heavy atom. The van der Waals surface area contributed by atoms with Crippen LogP contribution in [-0.4, -0.2) is 32.3 Å². The van der Waals surface area contributed by atoms with Crippen LogP contribution in [-0.2, 0) is 6.42 Å². The molecule has 3 rings (SSSR count). The SMILES string of the molecule is Cc1csc(CCNC(=O)Nc2cccnc2-n2cccn2)n1. The van der Waals surface area contributed by atoms with Gasteiger partial charge in [-0.3, -0.25) is 0 Å². The Morgan fingerprint density at radius 3 is 3.00 bits per heavy atom. The number of carbonyl (C=O) groups is 1. The molecule has 0 spiro atoms. The van der Waals surface area contributed by atoms with Gasteiger partial charge in [0.05, 0.1) is 10.7 Å². The van der Waals surface area contributed by atoms with Crippen molar-refractivity contribution in [2.75, 3.05) is 11.9 Å². The predicted octanol–water partition coefficient (Wildman–Crippen LogP) is 2.40. The fourth-order valence-electron chi connectivity index (χ4n) is 2.04.